The van der Waals surface area contributed by atoms with Crippen molar-refractivity contribution in [3.8, 4) is 5.69 Å². The third kappa shape index (κ3) is 3.84. The summed E-state index contributed by atoms with van der Waals surface area (Å²) in [6, 6.07) is 5.40. The predicted molar refractivity (Wildman–Crippen MR) is 100 cm³/mol. The summed E-state index contributed by atoms with van der Waals surface area (Å²) in [5, 5.41) is 7.17. The Kier molecular flexibility index (Phi) is 5.81. The van der Waals surface area contributed by atoms with Gasteiger partial charge in [0.05, 0.1) is 0 Å². The maximum Gasteiger partial charge on any atom is 0.272 e. The molecule has 4 rings (SSSR count). The van der Waals surface area contributed by atoms with Crippen LogP contribution in [0.4, 0.5) is 8.78 Å². The van der Waals surface area contributed by atoms with E-state index in [2.05, 4.69) is 10.4 Å². The molecule has 1 heterocycles. The second-order valence-corrected chi connectivity index (χ2v) is 7.40. The highest BCUT2D eigenvalue weighted by Crippen LogP contribution is 2.39. The van der Waals surface area contributed by atoms with Gasteiger partial charge >= 0.3 is 0 Å². The molecule has 2 aliphatic carbocycles. The molecular formula is C19H23ClF2N4O. The minimum atomic E-state index is -0.726. The van der Waals surface area contributed by atoms with E-state index in [-0.39, 0.29) is 41.8 Å². The lowest BCUT2D eigenvalue weighted by molar-refractivity contribution is 0.0751. The molecule has 1 aromatic carbocycles. The van der Waals surface area contributed by atoms with Crippen molar-refractivity contribution in [3.05, 3.63) is 47.8 Å². The molecule has 2 fully saturated rings. The fraction of sp³-hybridized carbons (Fsp3) is 0.474. The lowest BCUT2D eigenvalue weighted by atomic mass is 9.67. The largest absolute Gasteiger partial charge is 0.347 e. The van der Waals surface area contributed by atoms with E-state index in [9.17, 15) is 13.6 Å². The van der Waals surface area contributed by atoms with Crippen LogP contribution in [0, 0.1) is 23.5 Å². The molecule has 1 amide bonds. The van der Waals surface area contributed by atoms with Crippen LogP contribution in [0.2, 0.25) is 0 Å². The number of nitrogens with two attached hydrogens (primary N) is 1. The monoisotopic (exact) mass is 396 g/mol. The molecule has 3 N–H and O–H groups in total. The highest BCUT2D eigenvalue weighted by molar-refractivity contribution is 5.92. The fourth-order valence-corrected chi connectivity index (χ4v) is 4.53. The van der Waals surface area contributed by atoms with E-state index in [0.29, 0.717) is 11.8 Å². The highest BCUT2D eigenvalue weighted by Gasteiger charge is 2.40. The van der Waals surface area contributed by atoms with Crippen molar-refractivity contribution in [2.45, 2.75) is 44.2 Å². The zero-order valence-corrected chi connectivity index (χ0v) is 15.6. The summed E-state index contributed by atoms with van der Waals surface area (Å²) in [6.45, 7) is 0. The number of benzene rings is 1. The van der Waals surface area contributed by atoms with E-state index in [1.165, 1.54) is 24.8 Å². The van der Waals surface area contributed by atoms with Gasteiger partial charge in [-0.3, -0.25) is 4.79 Å². The quantitative estimate of drug-likeness (QED) is 0.836. The molecule has 0 radical (unpaired) electrons. The number of hydrogen-bond donors (Lipinski definition) is 2. The van der Waals surface area contributed by atoms with E-state index < -0.39 is 11.6 Å². The Bertz CT molecular complexity index is 794. The molecule has 2 bridgehead atoms. The molecular weight excluding hydrogens is 374 g/mol. The number of para-hydroxylation sites is 1. The summed E-state index contributed by atoms with van der Waals surface area (Å²) < 4.78 is 28.9. The summed E-state index contributed by atoms with van der Waals surface area (Å²) in [7, 11) is 0. The van der Waals surface area contributed by atoms with Gasteiger partial charge in [-0.2, -0.15) is 5.10 Å². The van der Waals surface area contributed by atoms with E-state index in [1.807, 2.05) is 0 Å². The van der Waals surface area contributed by atoms with Gasteiger partial charge in [0.15, 0.2) is 17.3 Å². The lowest BCUT2D eigenvalue weighted by Crippen LogP contribution is -2.53. The maximum absolute atomic E-state index is 13.9. The zero-order chi connectivity index (χ0) is 18.3. The molecule has 2 aromatic rings. The minimum Gasteiger partial charge on any atom is -0.347 e. The fourth-order valence-electron chi connectivity index (χ4n) is 4.53. The first-order valence-electron chi connectivity index (χ1n) is 9.09. The molecule has 0 saturated heterocycles. The molecule has 0 aliphatic heterocycles. The van der Waals surface area contributed by atoms with E-state index in [0.717, 1.165) is 42.5 Å². The van der Waals surface area contributed by atoms with Crippen molar-refractivity contribution in [1.29, 1.82) is 0 Å². The summed E-state index contributed by atoms with van der Waals surface area (Å²) >= 11 is 0. The Morgan fingerprint density at radius 3 is 2.41 bits per heavy atom. The van der Waals surface area contributed by atoms with Crippen molar-refractivity contribution < 1.29 is 13.6 Å². The van der Waals surface area contributed by atoms with Gasteiger partial charge in [0.25, 0.3) is 5.91 Å². The Labute approximate surface area is 162 Å². The first-order chi connectivity index (χ1) is 12.5. The number of nitrogens with zero attached hydrogens (tertiary/aromatic N) is 2. The van der Waals surface area contributed by atoms with Crippen LogP contribution in [0.15, 0.2) is 30.5 Å². The molecule has 2 unspecified atom stereocenters. The highest BCUT2D eigenvalue weighted by atomic mass is 35.5. The van der Waals surface area contributed by atoms with Crippen molar-refractivity contribution in [1.82, 2.24) is 15.1 Å². The molecule has 2 aliphatic rings. The van der Waals surface area contributed by atoms with Crippen LogP contribution in [0.1, 0.15) is 42.6 Å². The average Bonchev–Trinajstić information content (AvgIpc) is 3.05. The molecule has 5 nitrogen and oxygen atoms in total. The molecule has 8 heteroatoms. The number of fused-ring (bicyclic) bond motifs is 2. The van der Waals surface area contributed by atoms with Gasteiger partial charge in [0, 0.05) is 18.3 Å². The first-order valence-corrected chi connectivity index (χ1v) is 9.09. The summed E-state index contributed by atoms with van der Waals surface area (Å²) in [5.41, 5.74) is 5.99. The lowest BCUT2D eigenvalue weighted by Gasteiger charge is -2.45. The van der Waals surface area contributed by atoms with Gasteiger partial charge in [0.1, 0.15) is 5.69 Å². The van der Waals surface area contributed by atoms with Crippen LogP contribution >= 0.6 is 12.4 Å². The third-order valence-electron chi connectivity index (χ3n) is 5.66. The number of aromatic nitrogens is 2. The predicted octanol–water partition coefficient (Wildman–Crippen LogP) is 3.21. The van der Waals surface area contributed by atoms with Gasteiger partial charge in [-0.1, -0.05) is 12.5 Å². The number of carbonyl (C=O) groups excluding carboxylic acids is 1. The van der Waals surface area contributed by atoms with E-state index in [1.54, 1.807) is 0 Å². The van der Waals surface area contributed by atoms with Crippen LogP contribution < -0.4 is 11.1 Å². The summed E-state index contributed by atoms with van der Waals surface area (Å²) in [4.78, 5) is 12.6. The first kappa shape index (κ1) is 19.8. The SMILES string of the molecule is Cl.NC1CC2CCCC(C1)C2NC(=O)c1ccn(-c2c(F)cccc2F)n1. The third-order valence-corrected chi connectivity index (χ3v) is 5.66. The standard InChI is InChI=1S/C19H22F2N4O.ClH/c20-14-5-2-6-15(21)18(14)25-8-7-16(24-25)19(26)23-17-11-3-1-4-12(17)10-13(22)9-11;/h2,5-8,11-13,17H,1,3-4,9-10,22H2,(H,23,26);1H. The molecule has 2 atom stereocenters. The molecule has 0 spiro atoms. The van der Waals surface area contributed by atoms with Gasteiger partial charge in [0.2, 0.25) is 0 Å². The number of amides is 1. The Balaban J connectivity index is 0.00000210. The van der Waals surface area contributed by atoms with E-state index >= 15 is 0 Å². The summed E-state index contributed by atoms with van der Waals surface area (Å²) in [5.74, 6) is -0.968. The van der Waals surface area contributed by atoms with Crippen LogP contribution in [0.25, 0.3) is 5.69 Å². The molecule has 1 aromatic heterocycles. The Morgan fingerprint density at radius 1 is 1.15 bits per heavy atom. The zero-order valence-electron chi connectivity index (χ0n) is 14.8. The van der Waals surface area contributed by atoms with Gasteiger partial charge < -0.3 is 11.1 Å². The Morgan fingerprint density at radius 2 is 1.78 bits per heavy atom. The smallest absolute Gasteiger partial charge is 0.272 e. The van der Waals surface area contributed by atoms with Gasteiger partial charge in [-0.15, -0.1) is 12.4 Å². The minimum absolute atomic E-state index is 0. The topological polar surface area (TPSA) is 72.9 Å². The maximum atomic E-state index is 13.9. The van der Waals surface area contributed by atoms with Crippen molar-refractivity contribution >= 4 is 18.3 Å². The average molecular weight is 397 g/mol. The number of carbonyl (C=O) groups is 1. The molecule has 27 heavy (non-hydrogen) atoms. The van der Waals surface area contributed by atoms with Crippen LogP contribution in [-0.4, -0.2) is 27.8 Å². The normalized spacial score (nSPS) is 26.9. The van der Waals surface area contributed by atoms with Gasteiger partial charge in [-0.25, -0.2) is 13.5 Å². The number of nitrogens with one attached hydrogen (secondary N) is 1. The summed E-state index contributed by atoms with van der Waals surface area (Å²) in [6.07, 6.45) is 6.57. The Hall–Kier alpha value is -1.99. The second-order valence-electron chi connectivity index (χ2n) is 7.40. The van der Waals surface area contributed by atoms with Crippen molar-refractivity contribution in [2.24, 2.45) is 17.6 Å². The number of halogens is 3. The number of rotatable bonds is 3. The second kappa shape index (κ2) is 7.94. The van der Waals surface area contributed by atoms with Crippen molar-refractivity contribution in [2.75, 3.05) is 0 Å². The molecule has 146 valence electrons. The van der Waals surface area contributed by atoms with Crippen LogP contribution in [0.5, 0.6) is 0 Å². The van der Waals surface area contributed by atoms with Gasteiger partial charge in [-0.05, 0) is 55.7 Å². The van der Waals surface area contributed by atoms with Crippen LogP contribution in [0.3, 0.4) is 0 Å². The van der Waals surface area contributed by atoms with Crippen LogP contribution in [-0.2, 0) is 0 Å². The number of hydrogen-bond acceptors (Lipinski definition) is 3. The van der Waals surface area contributed by atoms with E-state index in [4.69, 9.17) is 5.73 Å². The van der Waals surface area contributed by atoms with Crippen molar-refractivity contribution in [3.63, 3.8) is 0 Å². The molecule has 2 saturated carbocycles.